The van der Waals surface area contributed by atoms with E-state index in [0.29, 0.717) is 43.3 Å². The number of carbonyl (C=O) groups is 2. The number of nitrogens with one attached hydrogen (secondary N) is 1. The van der Waals surface area contributed by atoms with E-state index in [1.54, 1.807) is 35.2 Å². The third-order valence-electron chi connectivity index (χ3n) is 3.98. The Labute approximate surface area is 174 Å². The minimum Gasteiger partial charge on any atom is -0.483 e. The molecule has 27 heavy (non-hydrogen) atoms. The molecule has 1 N–H and O–H groups in total. The third-order valence-corrected chi connectivity index (χ3v) is 5.10. The fourth-order valence-electron chi connectivity index (χ4n) is 2.64. The third kappa shape index (κ3) is 5.31. The maximum atomic E-state index is 12.7. The molecule has 0 aromatic heterocycles. The average molecular weight is 498 g/mol. The summed E-state index contributed by atoms with van der Waals surface area (Å²) in [6.45, 7) is 1.97. The number of ether oxygens (including phenoxy) is 2. The molecule has 2 aromatic carbocycles. The van der Waals surface area contributed by atoms with Crippen molar-refractivity contribution in [1.82, 2.24) is 4.90 Å². The number of hydrogen-bond donors (Lipinski definition) is 1. The van der Waals surface area contributed by atoms with Crippen LogP contribution in [0.25, 0.3) is 0 Å². The molecule has 0 saturated carbocycles. The van der Waals surface area contributed by atoms with Gasteiger partial charge in [0.1, 0.15) is 5.75 Å². The average Bonchev–Trinajstić information content (AvgIpc) is 2.68. The van der Waals surface area contributed by atoms with Crippen molar-refractivity contribution in [3.63, 3.8) is 0 Å². The molecule has 3 rings (SSSR count). The first-order valence-electron chi connectivity index (χ1n) is 8.38. The van der Waals surface area contributed by atoms with Gasteiger partial charge in [0.25, 0.3) is 11.8 Å². The number of anilines is 1. The van der Waals surface area contributed by atoms with Crippen molar-refractivity contribution in [3.05, 3.63) is 57.0 Å². The second kappa shape index (κ2) is 9.34. The number of benzene rings is 2. The standard InChI is InChI=1S/C19H18Br2N2O4/c20-13-5-6-17(15(21)11-13)27-12-18(24)22-16-4-2-1-3-14(16)19(25)23-7-9-26-10-8-23/h1-6,11H,7-10,12H2,(H,22,24). The first-order chi connectivity index (χ1) is 13.0. The van der Waals surface area contributed by atoms with Gasteiger partial charge in [0.2, 0.25) is 0 Å². The zero-order valence-corrected chi connectivity index (χ0v) is 17.6. The summed E-state index contributed by atoms with van der Waals surface area (Å²) in [5.41, 5.74) is 0.926. The minimum absolute atomic E-state index is 0.120. The maximum absolute atomic E-state index is 12.7. The van der Waals surface area contributed by atoms with Crippen molar-refractivity contribution < 1.29 is 19.1 Å². The van der Waals surface area contributed by atoms with E-state index in [9.17, 15) is 9.59 Å². The molecule has 1 fully saturated rings. The zero-order valence-electron chi connectivity index (χ0n) is 14.4. The monoisotopic (exact) mass is 496 g/mol. The lowest BCUT2D eigenvalue weighted by atomic mass is 10.1. The number of amides is 2. The van der Waals surface area contributed by atoms with Gasteiger partial charge in [-0.25, -0.2) is 0 Å². The van der Waals surface area contributed by atoms with Gasteiger partial charge >= 0.3 is 0 Å². The molecule has 0 unspecified atom stereocenters. The van der Waals surface area contributed by atoms with Crippen molar-refractivity contribution in [2.24, 2.45) is 0 Å². The quantitative estimate of drug-likeness (QED) is 0.683. The van der Waals surface area contributed by atoms with Crippen LogP contribution in [0.15, 0.2) is 51.4 Å². The molecular weight excluding hydrogens is 480 g/mol. The van der Waals surface area contributed by atoms with Crippen LogP contribution in [0.2, 0.25) is 0 Å². The van der Waals surface area contributed by atoms with Crippen molar-refractivity contribution in [1.29, 1.82) is 0 Å². The Morgan fingerprint density at radius 2 is 1.85 bits per heavy atom. The summed E-state index contributed by atoms with van der Waals surface area (Å²) >= 11 is 6.76. The number of rotatable bonds is 5. The van der Waals surface area contributed by atoms with Crippen molar-refractivity contribution >= 4 is 49.4 Å². The summed E-state index contributed by atoms with van der Waals surface area (Å²) in [7, 11) is 0. The SMILES string of the molecule is O=C(COc1ccc(Br)cc1Br)Nc1ccccc1C(=O)N1CCOCC1. The molecule has 1 aliphatic heterocycles. The van der Waals surface area contributed by atoms with Crippen LogP contribution in [0.5, 0.6) is 5.75 Å². The highest BCUT2D eigenvalue weighted by atomic mass is 79.9. The molecule has 8 heteroatoms. The van der Waals surface area contributed by atoms with E-state index in [1.807, 2.05) is 12.1 Å². The van der Waals surface area contributed by atoms with E-state index in [1.165, 1.54) is 0 Å². The van der Waals surface area contributed by atoms with Crippen LogP contribution in [0.1, 0.15) is 10.4 Å². The number of para-hydroxylation sites is 1. The van der Waals surface area contributed by atoms with Gasteiger partial charge in [-0.1, -0.05) is 28.1 Å². The van der Waals surface area contributed by atoms with Crippen LogP contribution in [0, 0.1) is 0 Å². The molecule has 1 saturated heterocycles. The topological polar surface area (TPSA) is 67.9 Å². The number of nitrogens with zero attached hydrogens (tertiary/aromatic N) is 1. The van der Waals surface area contributed by atoms with Crippen LogP contribution in [0.3, 0.4) is 0 Å². The molecule has 2 amide bonds. The molecule has 0 radical (unpaired) electrons. The first-order valence-corrected chi connectivity index (χ1v) is 9.97. The molecular formula is C19H18Br2N2O4. The van der Waals surface area contributed by atoms with E-state index in [-0.39, 0.29) is 18.4 Å². The molecule has 0 atom stereocenters. The van der Waals surface area contributed by atoms with Gasteiger partial charge in [0.15, 0.2) is 6.61 Å². The smallest absolute Gasteiger partial charge is 0.262 e. The van der Waals surface area contributed by atoms with Gasteiger partial charge < -0.3 is 19.7 Å². The minimum atomic E-state index is -0.341. The van der Waals surface area contributed by atoms with Gasteiger partial charge in [-0.2, -0.15) is 0 Å². The molecule has 1 aliphatic rings. The number of morpholine rings is 1. The van der Waals surface area contributed by atoms with Crippen LogP contribution >= 0.6 is 31.9 Å². The van der Waals surface area contributed by atoms with Gasteiger partial charge in [-0.15, -0.1) is 0 Å². The highest BCUT2D eigenvalue weighted by Gasteiger charge is 2.21. The molecule has 0 aliphatic carbocycles. The molecule has 142 valence electrons. The van der Waals surface area contributed by atoms with E-state index >= 15 is 0 Å². The Morgan fingerprint density at radius 3 is 2.59 bits per heavy atom. The lowest BCUT2D eigenvalue weighted by molar-refractivity contribution is -0.118. The summed E-state index contributed by atoms with van der Waals surface area (Å²) in [5, 5.41) is 2.76. The Balaban J connectivity index is 1.64. The fraction of sp³-hybridized carbons (Fsp3) is 0.263. The summed E-state index contributed by atoms with van der Waals surface area (Å²) < 4.78 is 12.5. The number of halogens is 2. The van der Waals surface area contributed by atoms with Crippen molar-refractivity contribution in [2.45, 2.75) is 0 Å². The summed E-state index contributed by atoms with van der Waals surface area (Å²) in [4.78, 5) is 26.8. The fourth-order valence-corrected chi connectivity index (χ4v) is 3.80. The van der Waals surface area contributed by atoms with Crippen LogP contribution in [-0.2, 0) is 9.53 Å². The van der Waals surface area contributed by atoms with E-state index in [2.05, 4.69) is 37.2 Å². The Hall–Kier alpha value is -1.90. The molecule has 0 spiro atoms. The van der Waals surface area contributed by atoms with Crippen LogP contribution in [-0.4, -0.2) is 49.6 Å². The number of hydrogen-bond acceptors (Lipinski definition) is 4. The summed E-state index contributed by atoms with van der Waals surface area (Å²) in [5.74, 6) is 0.101. The predicted molar refractivity (Wildman–Crippen MR) is 109 cm³/mol. The lowest BCUT2D eigenvalue weighted by Crippen LogP contribution is -2.41. The number of carbonyl (C=O) groups excluding carboxylic acids is 2. The normalized spacial score (nSPS) is 13.9. The van der Waals surface area contributed by atoms with E-state index < -0.39 is 0 Å². The van der Waals surface area contributed by atoms with E-state index in [0.717, 1.165) is 8.95 Å². The Bertz CT molecular complexity index is 838. The highest BCUT2D eigenvalue weighted by molar-refractivity contribution is 9.11. The first kappa shape index (κ1) is 19.9. The molecule has 1 heterocycles. The summed E-state index contributed by atoms with van der Waals surface area (Å²) in [6, 6.07) is 12.4. The Morgan fingerprint density at radius 1 is 1.11 bits per heavy atom. The second-order valence-corrected chi connectivity index (χ2v) is 7.63. The maximum Gasteiger partial charge on any atom is 0.262 e. The molecule has 6 nitrogen and oxygen atoms in total. The van der Waals surface area contributed by atoms with Crippen LogP contribution in [0.4, 0.5) is 5.69 Å². The van der Waals surface area contributed by atoms with Crippen molar-refractivity contribution in [3.8, 4) is 5.75 Å². The molecule has 2 aromatic rings. The van der Waals surface area contributed by atoms with Gasteiger partial charge in [-0.3, -0.25) is 9.59 Å². The zero-order chi connectivity index (χ0) is 19.2. The lowest BCUT2D eigenvalue weighted by Gasteiger charge is -2.27. The largest absolute Gasteiger partial charge is 0.483 e. The second-order valence-electron chi connectivity index (χ2n) is 5.86. The van der Waals surface area contributed by atoms with E-state index in [4.69, 9.17) is 9.47 Å². The van der Waals surface area contributed by atoms with Gasteiger partial charge in [-0.05, 0) is 46.3 Å². The molecule has 0 bridgehead atoms. The predicted octanol–water partition coefficient (Wildman–Crippen LogP) is 3.70. The Kier molecular flexibility index (Phi) is 6.87. The summed E-state index contributed by atoms with van der Waals surface area (Å²) in [6.07, 6.45) is 0. The van der Waals surface area contributed by atoms with Gasteiger partial charge in [0.05, 0.1) is 28.9 Å². The van der Waals surface area contributed by atoms with Crippen molar-refractivity contribution in [2.75, 3.05) is 38.2 Å². The van der Waals surface area contributed by atoms with Crippen LogP contribution < -0.4 is 10.1 Å². The highest BCUT2D eigenvalue weighted by Crippen LogP contribution is 2.28. The van der Waals surface area contributed by atoms with Gasteiger partial charge in [0, 0.05) is 17.6 Å².